The highest BCUT2D eigenvalue weighted by molar-refractivity contribution is 14.0. The summed E-state index contributed by atoms with van der Waals surface area (Å²) in [6.45, 7) is 7.99. The van der Waals surface area contributed by atoms with Crippen molar-refractivity contribution in [3.63, 3.8) is 0 Å². The molecule has 144 valence electrons. The third-order valence-corrected chi connectivity index (χ3v) is 4.75. The van der Waals surface area contributed by atoms with E-state index < -0.39 is 0 Å². The first-order valence-electron chi connectivity index (χ1n) is 9.25. The molecule has 0 radical (unpaired) electrons. The van der Waals surface area contributed by atoms with Crippen LogP contribution in [0.25, 0.3) is 0 Å². The SMILES string of the molecule is CCN=C(NC1CC1c1ccccc1)N1CCN(C(=O)OCC)CC1.I. The first-order chi connectivity index (χ1) is 12.2. The summed E-state index contributed by atoms with van der Waals surface area (Å²) in [6, 6.07) is 11.1. The van der Waals surface area contributed by atoms with Gasteiger partial charge < -0.3 is 19.9 Å². The highest BCUT2D eigenvalue weighted by Crippen LogP contribution is 2.40. The molecule has 6 nitrogen and oxygen atoms in total. The number of halogens is 1. The molecule has 2 unspecified atom stereocenters. The standard InChI is InChI=1S/C19H28N4O2.HI/c1-3-20-18(21-17-14-16(17)15-8-6-5-7-9-15)22-10-12-23(13-11-22)19(24)25-4-2;/h5-9,16-17H,3-4,10-14H2,1-2H3,(H,20,21);1H. The highest BCUT2D eigenvalue weighted by atomic mass is 127. The predicted molar refractivity (Wildman–Crippen MR) is 114 cm³/mol. The molecule has 1 aliphatic heterocycles. The van der Waals surface area contributed by atoms with E-state index in [1.807, 2.05) is 6.92 Å². The minimum Gasteiger partial charge on any atom is -0.450 e. The van der Waals surface area contributed by atoms with E-state index in [0.717, 1.165) is 32.0 Å². The van der Waals surface area contributed by atoms with Crippen LogP contribution in [0, 0.1) is 0 Å². The van der Waals surface area contributed by atoms with Crippen LogP contribution < -0.4 is 5.32 Å². The van der Waals surface area contributed by atoms with Crippen molar-refractivity contribution in [2.24, 2.45) is 4.99 Å². The molecule has 1 saturated heterocycles. The Bertz CT molecular complexity index is 603. The lowest BCUT2D eigenvalue weighted by Gasteiger charge is -2.36. The number of hydrogen-bond donors (Lipinski definition) is 1. The summed E-state index contributed by atoms with van der Waals surface area (Å²) in [5, 5.41) is 3.62. The molecule has 0 bridgehead atoms. The summed E-state index contributed by atoms with van der Waals surface area (Å²) < 4.78 is 5.08. The van der Waals surface area contributed by atoms with Crippen molar-refractivity contribution in [3.05, 3.63) is 35.9 Å². The zero-order valence-electron chi connectivity index (χ0n) is 15.6. The van der Waals surface area contributed by atoms with Crippen LogP contribution in [0.2, 0.25) is 0 Å². The van der Waals surface area contributed by atoms with Gasteiger partial charge in [-0.25, -0.2) is 4.79 Å². The Labute approximate surface area is 173 Å². The third-order valence-electron chi connectivity index (χ3n) is 4.75. The van der Waals surface area contributed by atoms with Gasteiger partial charge in [0.1, 0.15) is 0 Å². The second-order valence-corrected chi connectivity index (χ2v) is 6.47. The predicted octanol–water partition coefficient (Wildman–Crippen LogP) is 2.90. The lowest BCUT2D eigenvalue weighted by atomic mass is 10.1. The highest BCUT2D eigenvalue weighted by Gasteiger charge is 2.39. The summed E-state index contributed by atoms with van der Waals surface area (Å²) in [7, 11) is 0. The summed E-state index contributed by atoms with van der Waals surface area (Å²) in [4.78, 5) is 20.5. The molecule has 1 aromatic rings. The zero-order chi connectivity index (χ0) is 17.6. The van der Waals surface area contributed by atoms with Crippen molar-refractivity contribution in [2.75, 3.05) is 39.3 Å². The van der Waals surface area contributed by atoms with Crippen LogP contribution in [0.15, 0.2) is 35.3 Å². The molecule has 2 atom stereocenters. The summed E-state index contributed by atoms with van der Waals surface area (Å²) >= 11 is 0. The maximum absolute atomic E-state index is 11.8. The maximum atomic E-state index is 11.8. The minimum absolute atomic E-state index is 0. The number of hydrogen-bond acceptors (Lipinski definition) is 3. The van der Waals surface area contributed by atoms with Gasteiger partial charge in [-0.05, 0) is 25.8 Å². The Hall–Kier alpha value is -1.51. The number of rotatable bonds is 4. The summed E-state index contributed by atoms with van der Waals surface area (Å²) in [5.41, 5.74) is 1.39. The first kappa shape index (κ1) is 20.8. The lowest BCUT2D eigenvalue weighted by molar-refractivity contribution is 0.0914. The lowest BCUT2D eigenvalue weighted by Crippen LogP contribution is -2.54. The van der Waals surface area contributed by atoms with E-state index >= 15 is 0 Å². The number of nitrogens with zero attached hydrogens (tertiary/aromatic N) is 3. The molecule has 7 heteroatoms. The van der Waals surface area contributed by atoms with Gasteiger partial charge in [0.2, 0.25) is 0 Å². The average molecular weight is 472 g/mol. The Kier molecular flexibility index (Phi) is 7.99. The summed E-state index contributed by atoms with van der Waals surface area (Å²) in [5.74, 6) is 1.54. The van der Waals surface area contributed by atoms with Gasteiger partial charge in [-0.3, -0.25) is 4.99 Å². The van der Waals surface area contributed by atoms with Crippen LogP contribution in [-0.2, 0) is 4.74 Å². The van der Waals surface area contributed by atoms with Gasteiger partial charge in [-0.15, -0.1) is 24.0 Å². The number of benzene rings is 1. The number of guanidine groups is 1. The van der Waals surface area contributed by atoms with Gasteiger partial charge in [0.05, 0.1) is 6.61 Å². The van der Waals surface area contributed by atoms with E-state index in [9.17, 15) is 4.79 Å². The Morgan fingerprint density at radius 3 is 2.42 bits per heavy atom. The van der Waals surface area contributed by atoms with Crippen LogP contribution >= 0.6 is 24.0 Å². The van der Waals surface area contributed by atoms with Crippen LogP contribution in [0.5, 0.6) is 0 Å². The molecule has 3 rings (SSSR count). The monoisotopic (exact) mass is 472 g/mol. The normalized spacial score (nSPS) is 22.5. The molecule has 1 amide bonds. The van der Waals surface area contributed by atoms with Gasteiger partial charge in [-0.1, -0.05) is 30.3 Å². The fourth-order valence-electron chi connectivity index (χ4n) is 3.29. The fraction of sp³-hybridized carbons (Fsp3) is 0.579. The molecule has 1 aliphatic carbocycles. The average Bonchev–Trinajstić information content (AvgIpc) is 3.42. The van der Waals surface area contributed by atoms with Gasteiger partial charge in [0.15, 0.2) is 5.96 Å². The quantitative estimate of drug-likeness (QED) is 0.416. The first-order valence-corrected chi connectivity index (χ1v) is 9.25. The number of ether oxygens (including phenoxy) is 1. The van der Waals surface area contributed by atoms with Crippen LogP contribution in [0.1, 0.15) is 31.7 Å². The van der Waals surface area contributed by atoms with Crippen LogP contribution in [0.3, 0.4) is 0 Å². The number of aliphatic imine (C=N–C) groups is 1. The van der Waals surface area contributed by atoms with Crippen molar-refractivity contribution in [1.29, 1.82) is 0 Å². The van der Waals surface area contributed by atoms with Gasteiger partial charge >= 0.3 is 6.09 Å². The van der Waals surface area contributed by atoms with Crippen molar-refractivity contribution in [2.45, 2.75) is 32.2 Å². The molecular formula is C19H29IN4O2. The second-order valence-electron chi connectivity index (χ2n) is 6.47. The van der Waals surface area contributed by atoms with E-state index in [4.69, 9.17) is 4.74 Å². The molecule has 1 N–H and O–H groups in total. The molecule has 1 aromatic carbocycles. The number of nitrogens with one attached hydrogen (secondary N) is 1. The molecule has 1 heterocycles. The van der Waals surface area contributed by atoms with Crippen LogP contribution in [0.4, 0.5) is 4.79 Å². The molecule has 2 fully saturated rings. The van der Waals surface area contributed by atoms with Gasteiger partial charge in [-0.2, -0.15) is 0 Å². The Morgan fingerprint density at radius 2 is 1.81 bits per heavy atom. The maximum Gasteiger partial charge on any atom is 0.409 e. The summed E-state index contributed by atoms with van der Waals surface area (Å²) in [6.07, 6.45) is 0.936. The topological polar surface area (TPSA) is 57.2 Å². The van der Waals surface area contributed by atoms with Crippen molar-refractivity contribution in [1.82, 2.24) is 15.1 Å². The van der Waals surface area contributed by atoms with Crippen molar-refractivity contribution in [3.8, 4) is 0 Å². The number of carbonyl (C=O) groups is 1. The van der Waals surface area contributed by atoms with Gasteiger partial charge in [0.25, 0.3) is 0 Å². The van der Waals surface area contributed by atoms with E-state index in [1.165, 1.54) is 5.56 Å². The zero-order valence-corrected chi connectivity index (χ0v) is 17.9. The second kappa shape index (κ2) is 9.99. The fourth-order valence-corrected chi connectivity index (χ4v) is 3.29. The van der Waals surface area contributed by atoms with E-state index in [-0.39, 0.29) is 30.1 Å². The van der Waals surface area contributed by atoms with Crippen molar-refractivity contribution >= 4 is 36.0 Å². The Morgan fingerprint density at radius 1 is 1.15 bits per heavy atom. The minimum atomic E-state index is -0.213. The third kappa shape index (κ3) is 5.25. The van der Waals surface area contributed by atoms with E-state index in [0.29, 0.717) is 31.7 Å². The van der Waals surface area contributed by atoms with Gasteiger partial charge in [0, 0.05) is 44.7 Å². The number of amides is 1. The molecule has 1 saturated carbocycles. The molecule has 26 heavy (non-hydrogen) atoms. The van der Waals surface area contributed by atoms with Crippen LogP contribution in [-0.4, -0.2) is 67.2 Å². The van der Waals surface area contributed by atoms with Crippen molar-refractivity contribution < 1.29 is 9.53 Å². The van der Waals surface area contributed by atoms with E-state index in [2.05, 4.69) is 52.5 Å². The molecule has 2 aliphatic rings. The molecule has 0 aromatic heterocycles. The molecular weight excluding hydrogens is 443 g/mol. The Balaban J connectivity index is 0.00000243. The number of carbonyl (C=O) groups excluding carboxylic acids is 1. The molecule has 0 spiro atoms. The number of piperazine rings is 1. The largest absolute Gasteiger partial charge is 0.450 e. The smallest absolute Gasteiger partial charge is 0.409 e. The van der Waals surface area contributed by atoms with E-state index in [1.54, 1.807) is 4.90 Å².